The van der Waals surface area contributed by atoms with Gasteiger partial charge in [0.2, 0.25) is 0 Å². The van der Waals surface area contributed by atoms with Crippen LogP contribution in [0.1, 0.15) is 194 Å². The van der Waals surface area contributed by atoms with Gasteiger partial charge in [0.25, 0.3) is 0 Å². The minimum absolute atomic E-state index is 0.0892. The van der Waals surface area contributed by atoms with Crippen LogP contribution in [0.25, 0.3) is 0 Å². The molecule has 0 radical (unpaired) electrons. The Morgan fingerprint density at radius 1 is 0.434 bits per heavy atom. The first kappa shape index (κ1) is 68.8. The first-order valence-electron chi connectivity index (χ1n) is 29.2. The largest absolute Gasteiger partial charge is 0.462 e. The molecule has 15 heteroatoms. The van der Waals surface area contributed by atoms with Gasteiger partial charge in [-0.1, -0.05) is 182 Å². The molecule has 0 saturated carbocycles. The molecule has 2 fully saturated rings. The molecule has 2 aliphatic heterocycles. The second-order valence-electron chi connectivity index (χ2n) is 20.1. The lowest BCUT2D eigenvalue weighted by atomic mass is 9.98. The lowest BCUT2D eigenvalue weighted by molar-refractivity contribution is -0.332. The predicted octanol–water partition coefficient (Wildman–Crippen LogP) is 9.94. The van der Waals surface area contributed by atoms with E-state index in [2.05, 4.69) is 86.8 Å². The monoisotopic (exact) mass is 1070 g/mol. The second kappa shape index (κ2) is 46.6. The van der Waals surface area contributed by atoms with Gasteiger partial charge in [-0.15, -0.1) is 0 Å². The summed E-state index contributed by atoms with van der Waals surface area (Å²) in [5, 5.41) is 72.3. The average Bonchev–Trinajstić information content (AvgIpc) is 3.42. The summed E-state index contributed by atoms with van der Waals surface area (Å²) in [6.45, 7) is 2.39. The van der Waals surface area contributed by atoms with Crippen molar-refractivity contribution in [1.29, 1.82) is 0 Å². The summed E-state index contributed by atoms with van der Waals surface area (Å²) in [5.74, 6) is -1.05. The van der Waals surface area contributed by atoms with Gasteiger partial charge in [0.1, 0.15) is 55.4 Å². The van der Waals surface area contributed by atoms with Crippen LogP contribution in [0, 0.1) is 0 Å². The van der Waals surface area contributed by atoms with Crippen molar-refractivity contribution in [1.82, 2.24) is 0 Å². The molecule has 0 spiro atoms. The van der Waals surface area contributed by atoms with Gasteiger partial charge in [-0.2, -0.15) is 0 Å². The maximum Gasteiger partial charge on any atom is 0.306 e. The molecule has 0 bridgehead atoms. The number of hydrogen-bond acceptors (Lipinski definition) is 15. The molecule has 0 aromatic rings. The minimum Gasteiger partial charge on any atom is -0.462 e. The van der Waals surface area contributed by atoms with Crippen molar-refractivity contribution in [2.45, 2.75) is 261 Å². The molecule has 4 unspecified atom stereocenters. The van der Waals surface area contributed by atoms with Crippen LogP contribution in [0.5, 0.6) is 0 Å². The van der Waals surface area contributed by atoms with Crippen LogP contribution >= 0.6 is 0 Å². The number of unbranched alkanes of at least 4 members (excludes halogenated alkanes) is 17. The molecule has 436 valence electrons. The zero-order chi connectivity index (χ0) is 55.3. The van der Waals surface area contributed by atoms with E-state index in [4.69, 9.17) is 28.4 Å². The highest BCUT2D eigenvalue weighted by atomic mass is 16.7. The molecule has 11 atom stereocenters. The summed E-state index contributed by atoms with van der Waals surface area (Å²) >= 11 is 0. The number of aliphatic hydroxyl groups is 7. The second-order valence-corrected chi connectivity index (χ2v) is 20.1. The predicted molar refractivity (Wildman–Crippen MR) is 298 cm³/mol. The molecule has 2 rings (SSSR count). The highest BCUT2D eigenvalue weighted by Crippen LogP contribution is 2.26. The van der Waals surface area contributed by atoms with E-state index >= 15 is 0 Å². The van der Waals surface area contributed by atoms with Gasteiger partial charge in [-0.05, 0) is 83.5 Å². The number of carbonyl (C=O) groups excluding carboxylic acids is 2. The van der Waals surface area contributed by atoms with Gasteiger partial charge in [0, 0.05) is 12.8 Å². The summed E-state index contributed by atoms with van der Waals surface area (Å²) in [7, 11) is 0. The fourth-order valence-electron chi connectivity index (χ4n) is 8.63. The number of allylic oxidation sites excluding steroid dienone is 14. The maximum atomic E-state index is 13.1. The standard InChI is InChI=1S/C61H102O15/c1-3-5-7-9-11-13-15-17-19-21-22-23-24-25-26-28-30-32-34-36-38-40-42-44-53(64)74-49(46-71-52(63)43-41-39-37-35-33-31-29-27-20-18-16-14-12-10-8-6-4-2)47-72-60-59(70)57(68)55(66)51(76-60)48-73-61-58(69)56(67)54(65)50(45-62)75-61/h6,8,12,14,18,20,28-31,35-38,49-51,54-62,65-70H,3-5,7,9-11,13,15-17,19,21-27,32-34,39-48H2,1-2H3/b8-6+,14-12+,20-18+,30-28+,31-29+,37-35+,38-36+/t49-,50+,51+,54-,55-,56?,57?,58?,59?,60+,61+/m1/s1. The summed E-state index contributed by atoms with van der Waals surface area (Å²) < 4.78 is 33.6. The van der Waals surface area contributed by atoms with E-state index in [1.165, 1.54) is 89.9 Å². The number of aliphatic hydroxyl groups excluding tert-OH is 7. The summed E-state index contributed by atoms with van der Waals surface area (Å²) in [4.78, 5) is 25.8. The molecule has 0 aromatic carbocycles. The van der Waals surface area contributed by atoms with Gasteiger partial charge < -0.3 is 64.2 Å². The van der Waals surface area contributed by atoms with Crippen LogP contribution in [0.2, 0.25) is 0 Å². The molecule has 2 saturated heterocycles. The van der Waals surface area contributed by atoms with Crippen LogP contribution in [-0.2, 0) is 38.0 Å². The molecular weight excluding hydrogens is 973 g/mol. The Kier molecular flexibility index (Phi) is 42.2. The molecule has 0 amide bonds. The number of esters is 2. The molecule has 2 heterocycles. The van der Waals surface area contributed by atoms with Crippen molar-refractivity contribution in [3.05, 3.63) is 85.1 Å². The summed E-state index contributed by atoms with van der Waals surface area (Å²) in [5.41, 5.74) is 0. The fraction of sp³-hybridized carbons (Fsp3) is 0.738. The first-order chi connectivity index (χ1) is 37.0. The van der Waals surface area contributed by atoms with Crippen molar-refractivity contribution in [2.75, 3.05) is 26.4 Å². The lowest BCUT2D eigenvalue weighted by Crippen LogP contribution is -2.61. The Balaban J connectivity index is 1.79. The van der Waals surface area contributed by atoms with E-state index in [1.54, 1.807) is 0 Å². The van der Waals surface area contributed by atoms with Crippen molar-refractivity contribution in [3.63, 3.8) is 0 Å². The van der Waals surface area contributed by atoms with E-state index in [0.717, 1.165) is 51.4 Å². The summed E-state index contributed by atoms with van der Waals surface area (Å²) in [6, 6.07) is 0. The van der Waals surface area contributed by atoms with Crippen molar-refractivity contribution in [2.24, 2.45) is 0 Å². The van der Waals surface area contributed by atoms with Gasteiger partial charge >= 0.3 is 11.9 Å². The third-order valence-electron chi connectivity index (χ3n) is 13.3. The Hall–Kier alpha value is -3.32. The van der Waals surface area contributed by atoms with Crippen molar-refractivity contribution >= 4 is 11.9 Å². The molecule has 7 N–H and O–H groups in total. The highest BCUT2D eigenvalue weighted by Gasteiger charge is 2.47. The average molecular weight is 1080 g/mol. The molecule has 0 aromatic heterocycles. The third kappa shape index (κ3) is 33.2. The van der Waals surface area contributed by atoms with Crippen LogP contribution in [0.3, 0.4) is 0 Å². The van der Waals surface area contributed by atoms with Gasteiger partial charge in [0.15, 0.2) is 18.7 Å². The van der Waals surface area contributed by atoms with E-state index in [-0.39, 0.29) is 19.4 Å². The fourth-order valence-corrected chi connectivity index (χ4v) is 8.63. The third-order valence-corrected chi connectivity index (χ3v) is 13.3. The van der Waals surface area contributed by atoms with E-state index in [0.29, 0.717) is 25.7 Å². The number of hydrogen-bond donors (Lipinski definition) is 7. The molecule has 0 aliphatic carbocycles. The van der Waals surface area contributed by atoms with E-state index < -0.39 is 99.3 Å². The molecule has 76 heavy (non-hydrogen) atoms. The Bertz CT molecular complexity index is 1640. The molecule has 2 aliphatic rings. The number of carbonyl (C=O) groups is 2. The Morgan fingerprint density at radius 2 is 0.842 bits per heavy atom. The lowest BCUT2D eigenvalue weighted by Gasteiger charge is -2.42. The number of ether oxygens (including phenoxy) is 6. The quantitative estimate of drug-likeness (QED) is 0.0171. The summed E-state index contributed by atoms with van der Waals surface area (Å²) in [6.07, 6.45) is 42.0. The van der Waals surface area contributed by atoms with Gasteiger partial charge in [-0.3, -0.25) is 9.59 Å². The Morgan fingerprint density at radius 3 is 1.36 bits per heavy atom. The van der Waals surface area contributed by atoms with Crippen molar-refractivity contribution < 1.29 is 73.8 Å². The zero-order valence-corrected chi connectivity index (χ0v) is 46.5. The Labute approximate surface area is 456 Å². The first-order valence-corrected chi connectivity index (χ1v) is 29.2. The van der Waals surface area contributed by atoms with E-state index in [9.17, 15) is 45.3 Å². The minimum atomic E-state index is -1.79. The molecule has 15 nitrogen and oxygen atoms in total. The smallest absolute Gasteiger partial charge is 0.306 e. The van der Waals surface area contributed by atoms with Crippen LogP contribution in [0.4, 0.5) is 0 Å². The van der Waals surface area contributed by atoms with Gasteiger partial charge in [0.05, 0.1) is 19.8 Å². The maximum absolute atomic E-state index is 13.1. The van der Waals surface area contributed by atoms with Crippen LogP contribution < -0.4 is 0 Å². The number of rotatable bonds is 45. The van der Waals surface area contributed by atoms with E-state index in [1.807, 2.05) is 12.2 Å². The van der Waals surface area contributed by atoms with Crippen LogP contribution in [-0.4, -0.2) is 142 Å². The van der Waals surface area contributed by atoms with Crippen molar-refractivity contribution in [3.8, 4) is 0 Å². The molecular formula is C61H102O15. The van der Waals surface area contributed by atoms with Crippen LogP contribution in [0.15, 0.2) is 85.1 Å². The topological polar surface area (TPSA) is 231 Å². The SMILES string of the molecule is CC/C=C/C/C=C/C/C=C/C/C=C/C/C=C/CCCC(=O)OC[C@H](CO[C@H]1O[C@@H](CO[C@H]2O[C@@H](CO)[C@@H](O)C(O)C2O)[C@@H](O)C(O)C1O)OC(=O)CCC/C=C/CC/C=C/CCCCCCCCCCCCCCCC. The highest BCUT2D eigenvalue weighted by molar-refractivity contribution is 5.70. The van der Waals surface area contributed by atoms with Gasteiger partial charge in [-0.25, -0.2) is 0 Å². The zero-order valence-electron chi connectivity index (χ0n) is 46.5. The normalized spacial score (nSPS) is 25.0.